The Labute approximate surface area is 267 Å². The van der Waals surface area contributed by atoms with E-state index in [4.69, 9.17) is 10.00 Å². The number of carboxylic acids is 1. The molecule has 0 saturated heterocycles. The van der Waals surface area contributed by atoms with Crippen LogP contribution >= 0.6 is 0 Å². The lowest BCUT2D eigenvalue weighted by Gasteiger charge is -2.27. The molecule has 0 heterocycles. The second-order valence-corrected chi connectivity index (χ2v) is 12.5. The summed E-state index contributed by atoms with van der Waals surface area (Å²) in [5, 5.41) is 29.2. The highest BCUT2D eigenvalue weighted by molar-refractivity contribution is 7.93. The largest absolute Gasteiger partial charge is 0.481 e. The zero-order chi connectivity index (χ0) is 34.3. The Morgan fingerprint density at radius 3 is 2.04 bits per heavy atom. The number of benzene rings is 2. The summed E-state index contributed by atoms with van der Waals surface area (Å²) >= 11 is 0. The van der Waals surface area contributed by atoms with Gasteiger partial charge < -0.3 is 31.1 Å². The van der Waals surface area contributed by atoms with Crippen molar-refractivity contribution in [2.45, 2.75) is 57.5 Å². The summed E-state index contributed by atoms with van der Waals surface area (Å²) in [7, 11) is -3.54. The van der Waals surface area contributed by atoms with E-state index in [2.05, 4.69) is 21.3 Å². The Kier molecular flexibility index (Phi) is 14.4. The van der Waals surface area contributed by atoms with Crippen LogP contribution in [0.4, 0.5) is 4.79 Å². The number of carboxylic acid groups (broad SMARTS) is 1. The van der Waals surface area contributed by atoms with E-state index >= 15 is 0 Å². The van der Waals surface area contributed by atoms with Crippen molar-refractivity contribution in [1.82, 2.24) is 21.3 Å². The second-order valence-electron chi connectivity index (χ2n) is 10.6. The number of sulfone groups is 1. The van der Waals surface area contributed by atoms with Gasteiger partial charge in [0.05, 0.1) is 25.0 Å². The lowest BCUT2D eigenvalue weighted by Crippen LogP contribution is -2.55. The SMILES string of the molecule is CC(C)[C@H](NC(=O)[C@@H](NC(=O)[C@H](CC(=O)O)NC(=O)OCc1ccccc1)c1ccccc1)C(=O)N[C@H](/C=C/S(C)(=O)=O)CC#N. The molecular formula is C31H37N5O9S. The summed E-state index contributed by atoms with van der Waals surface area (Å²) in [5.41, 5.74) is 0.947. The fourth-order valence-electron chi connectivity index (χ4n) is 4.03. The van der Waals surface area contributed by atoms with Crippen molar-refractivity contribution >= 4 is 39.6 Å². The smallest absolute Gasteiger partial charge is 0.408 e. The van der Waals surface area contributed by atoms with Crippen molar-refractivity contribution < 1.29 is 42.2 Å². The van der Waals surface area contributed by atoms with Crippen LogP contribution in [0, 0.1) is 17.2 Å². The van der Waals surface area contributed by atoms with Gasteiger partial charge in [0, 0.05) is 11.7 Å². The maximum Gasteiger partial charge on any atom is 0.408 e. The molecule has 5 N–H and O–H groups in total. The van der Waals surface area contributed by atoms with E-state index in [1.54, 1.807) is 62.4 Å². The lowest BCUT2D eigenvalue weighted by atomic mass is 10.00. The van der Waals surface area contributed by atoms with Crippen molar-refractivity contribution in [3.8, 4) is 6.07 Å². The van der Waals surface area contributed by atoms with Crippen LogP contribution in [0.1, 0.15) is 43.9 Å². The average molecular weight is 656 g/mol. The van der Waals surface area contributed by atoms with E-state index in [0.717, 1.165) is 17.7 Å². The Hall–Kier alpha value is -5.23. The molecule has 246 valence electrons. The Morgan fingerprint density at radius 2 is 1.50 bits per heavy atom. The summed E-state index contributed by atoms with van der Waals surface area (Å²) in [6.07, 6.45) is -0.0186. The van der Waals surface area contributed by atoms with Gasteiger partial charge in [-0.25, -0.2) is 13.2 Å². The molecule has 14 nitrogen and oxygen atoms in total. The number of amides is 4. The maximum atomic E-state index is 13.6. The molecule has 2 aromatic rings. The molecule has 0 unspecified atom stereocenters. The molecule has 0 spiro atoms. The van der Waals surface area contributed by atoms with Crippen LogP contribution in [-0.4, -0.2) is 67.7 Å². The Morgan fingerprint density at radius 1 is 0.891 bits per heavy atom. The van der Waals surface area contributed by atoms with Gasteiger partial charge in [-0.15, -0.1) is 0 Å². The summed E-state index contributed by atoms with van der Waals surface area (Å²) < 4.78 is 28.2. The average Bonchev–Trinajstić information content (AvgIpc) is 3.00. The van der Waals surface area contributed by atoms with Gasteiger partial charge in [0.25, 0.3) is 0 Å². The van der Waals surface area contributed by atoms with Crippen LogP contribution in [0.25, 0.3) is 0 Å². The lowest BCUT2D eigenvalue weighted by molar-refractivity contribution is -0.140. The number of carbonyl (C=O) groups excluding carboxylic acids is 4. The first kappa shape index (κ1) is 37.0. The van der Waals surface area contributed by atoms with Gasteiger partial charge in [-0.2, -0.15) is 5.26 Å². The molecule has 0 bridgehead atoms. The third-order valence-corrected chi connectivity index (χ3v) is 6.98. The number of rotatable bonds is 16. The van der Waals surface area contributed by atoms with Crippen LogP contribution in [0.3, 0.4) is 0 Å². The molecule has 15 heteroatoms. The Bertz CT molecular complexity index is 1540. The predicted molar refractivity (Wildman–Crippen MR) is 166 cm³/mol. The number of hydrogen-bond acceptors (Lipinski definition) is 9. The third-order valence-electron chi connectivity index (χ3n) is 6.33. The van der Waals surface area contributed by atoms with Crippen LogP contribution in [0.5, 0.6) is 0 Å². The number of hydrogen-bond donors (Lipinski definition) is 5. The predicted octanol–water partition coefficient (Wildman–Crippen LogP) is 1.71. The van der Waals surface area contributed by atoms with Crippen molar-refractivity contribution in [2.24, 2.45) is 5.92 Å². The highest BCUT2D eigenvalue weighted by Crippen LogP contribution is 2.16. The number of alkyl carbamates (subject to hydrolysis) is 1. The van der Waals surface area contributed by atoms with Gasteiger partial charge in [0.1, 0.15) is 24.7 Å². The van der Waals surface area contributed by atoms with Gasteiger partial charge in [-0.05, 0) is 23.1 Å². The van der Waals surface area contributed by atoms with Crippen molar-refractivity contribution in [3.05, 3.63) is 83.3 Å². The first-order valence-electron chi connectivity index (χ1n) is 14.1. The summed E-state index contributed by atoms with van der Waals surface area (Å²) in [5.74, 6) is -4.46. The number of aliphatic carboxylic acids is 1. The fraction of sp³-hybridized carbons (Fsp3) is 0.355. The molecule has 46 heavy (non-hydrogen) atoms. The number of nitrogens with zero attached hydrogens (tertiary/aromatic N) is 1. The van der Waals surface area contributed by atoms with E-state index in [-0.39, 0.29) is 18.6 Å². The Balaban J connectivity index is 2.26. The normalized spacial score (nSPS) is 13.8. The van der Waals surface area contributed by atoms with Gasteiger partial charge >= 0.3 is 12.1 Å². The van der Waals surface area contributed by atoms with Gasteiger partial charge in [0.2, 0.25) is 17.7 Å². The maximum absolute atomic E-state index is 13.6. The molecule has 0 radical (unpaired) electrons. The topological polar surface area (TPSA) is 221 Å². The van der Waals surface area contributed by atoms with Gasteiger partial charge in [0.15, 0.2) is 9.84 Å². The quantitative estimate of drug-likeness (QED) is 0.176. The summed E-state index contributed by atoms with van der Waals surface area (Å²) in [6, 6.07) is 13.2. The van der Waals surface area contributed by atoms with Crippen molar-refractivity contribution in [2.75, 3.05) is 6.26 Å². The highest BCUT2D eigenvalue weighted by Gasteiger charge is 2.33. The first-order chi connectivity index (χ1) is 21.7. The number of ether oxygens (including phenoxy) is 1. The molecule has 4 amide bonds. The minimum Gasteiger partial charge on any atom is -0.481 e. The molecule has 0 saturated carbocycles. The van der Waals surface area contributed by atoms with Crippen LogP contribution in [-0.2, 0) is 40.4 Å². The summed E-state index contributed by atoms with van der Waals surface area (Å²) in [4.78, 5) is 64.1. The van der Waals surface area contributed by atoms with E-state index in [0.29, 0.717) is 5.56 Å². The molecular weight excluding hydrogens is 618 g/mol. The van der Waals surface area contributed by atoms with Gasteiger partial charge in [-0.3, -0.25) is 19.2 Å². The molecule has 0 aliphatic rings. The highest BCUT2D eigenvalue weighted by atomic mass is 32.2. The first-order valence-corrected chi connectivity index (χ1v) is 16.1. The third kappa shape index (κ3) is 13.2. The molecule has 4 atom stereocenters. The van der Waals surface area contributed by atoms with Crippen LogP contribution in [0.15, 0.2) is 72.1 Å². The molecule has 0 aromatic heterocycles. The number of carbonyl (C=O) groups is 5. The molecule has 0 aliphatic carbocycles. The monoisotopic (exact) mass is 655 g/mol. The van der Waals surface area contributed by atoms with Crippen LogP contribution < -0.4 is 21.3 Å². The second kappa shape index (κ2) is 17.9. The number of nitriles is 1. The standard InChI is InChI=1S/C31H37N5O9S/c1-20(2)26(29(40)33-23(14-16-32)15-17-46(3,43)44)35-30(41)27(22-12-8-5-9-13-22)36-28(39)24(18-25(37)38)34-31(42)45-19-21-10-6-4-7-11-21/h4-13,15,17,20,23-24,26-27H,14,18-19H2,1-3H3,(H,33,40)(H,34,42)(H,35,41)(H,36,39)(H,37,38)/b17-15+/t23-,24-,26-,27-/m0/s1. The van der Waals surface area contributed by atoms with E-state index in [9.17, 15) is 37.5 Å². The minimum atomic E-state index is -3.54. The summed E-state index contributed by atoms with van der Waals surface area (Å²) in [6.45, 7) is 3.14. The van der Waals surface area contributed by atoms with Crippen molar-refractivity contribution in [3.63, 3.8) is 0 Å². The fourth-order valence-corrected chi connectivity index (χ4v) is 4.50. The zero-order valence-corrected chi connectivity index (χ0v) is 26.3. The van der Waals surface area contributed by atoms with E-state index in [1.807, 2.05) is 6.07 Å². The molecule has 0 aliphatic heterocycles. The van der Waals surface area contributed by atoms with Crippen LogP contribution in [0.2, 0.25) is 0 Å². The molecule has 2 rings (SSSR count). The zero-order valence-electron chi connectivity index (χ0n) is 25.5. The molecule has 2 aromatic carbocycles. The van der Waals surface area contributed by atoms with Gasteiger partial charge in [-0.1, -0.05) is 74.5 Å². The minimum absolute atomic E-state index is 0.138. The van der Waals surface area contributed by atoms with E-state index in [1.165, 1.54) is 12.1 Å². The molecule has 0 fully saturated rings. The number of nitrogens with one attached hydrogen (secondary N) is 4. The van der Waals surface area contributed by atoms with E-state index < -0.39 is 76.1 Å². The van der Waals surface area contributed by atoms with Crippen molar-refractivity contribution in [1.29, 1.82) is 5.26 Å².